The van der Waals surface area contributed by atoms with E-state index in [4.69, 9.17) is 16.6 Å². The maximum atomic E-state index is 13.2. The molecule has 0 fully saturated rings. The molecule has 0 spiro atoms. The van der Waals surface area contributed by atoms with E-state index in [9.17, 15) is 44.1 Å². The lowest BCUT2D eigenvalue weighted by atomic mass is 10.0. The van der Waals surface area contributed by atoms with E-state index in [-0.39, 0.29) is 31.4 Å². The van der Waals surface area contributed by atoms with Crippen LogP contribution in [0.3, 0.4) is 0 Å². The molecule has 0 aliphatic heterocycles. The number of carbonyl (C=O) groups excluding carboxylic acids is 4. The van der Waals surface area contributed by atoms with E-state index < -0.39 is 72.3 Å². The molecule has 5 unspecified atom stereocenters. The summed E-state index contributed by atoms with van der Waals surface area (Å²) in [6.07, 6.45) is -2.92. The van der Waals surface area contributed by atoms with Gasteiger partial charge in [-0.1, -0.05) is 12.1 Å². The maximum absolute atomic E-state index is 13.2. The standard InChI is InChI=1S/C23H33N5O10/c1-11(29)19(23(37)38)28-21(35)15(7-8-17(25)31)26-22(36)16(10-12-2-4-13(30)5-3-12)27-20(34)14(24)6-9-18(32)33/h2-5,11,14-16,19,29-30H,6-10,24H2,1H3,(H2,25,31)(H,26,36)(H,27,34)(H,28,35)(H,32,33)(H,37,38). The van der Waals surface area contributed by atoms with Gasteiger partial charge in [0.25, 0.3) is 0 Å². The molecule has 15 nitrogen and oxygen atoms in total. The third kappa shape index (κ3) is 11.2. The van der Waals surface area contributed by atoms with Crippen molar-refractivity contribution in [3.8, 4) is 5.75 Å². The smallest absolute Gasteiger partial charge is 0.328 e. The van der Waals surface area contributed by atoms with Crippen LogP contribution in [0.25, 0.3) is 0 Å². The second-order valence-electron chi connectivity index (χ2n) is 8.60. The van der Waals surface area contributed by atoms with Gasteiger partial charge in [0, 0.05) is 19.3 Å². The van der Waals surface area contributed by atoms with Crippen molar-refractivity contribution in [2.24, 2.45) is 11.5 Å². The molecule has 1 rings (SSSR count). The summed E-state index contributed by atoms with van der Waals surface area (Å²) in [6.45, 7) is 1.13. The monoisotopic (exact) mass is 539 g/mol. The second-order valence-corrected chi connectivity index (χ2v) is 8.60. The topological polar surface area (TPSA) is 271 Å². The number of carbonyl (C=O) groups is 6. The number of carboxylic acid groups (broad SMARTS) is 2. The van der Waals surface area contributed by atoms with Gasteiger partial charge in [-0.2, -0.15) is 0 Å². The van der Waals surface area contributed by atoms with Crippen LogP contribution in [0, 0.1) is 0 Å². The van der Waals surface area contributed by atoms with Crippen molar-refractivity contribution in [3.63, 3.8) is 0 Å². The van der Waals surface area contributed by atoms with Crippen LogP contribution in [0.1, 0.15) is 38.2 Å². The number of phenolic OH excluding ortho intramolecular Hbond substituents is 1. The largest absolute Gasteiger partial charge is 0.508 e. The van der Waals surface area contributed by atoms with Crippen molar-refractivity contribution in [2.45, 2.75) is 69.3 Å². The Balaban J connectivity index is 3.16. The molecule has 0 heterocycles. The summed E-state index contributed by atoms with van der Waals surface area (Å²) in [5.74, 6) is -6.35. The van der Waals surface area contributed by atoms with Crippen LogP contribution in [0.4, 0.5) is 0 Å². The van der Waals surface area contributed by atoms with Gasteiger partial charge in [-0.15, -0.1) is 0 Å². The SMILES string of the molecule is CC(O)C(NC(=O)C(CCC(N)=O)NC(=O)C(Cc1ccc(O)cc1)NC(=O)C(N)CCC(=O)O)C(=O)O. The summed E-state index contributed by atoms with van der Waals surface area (Å²) < 4.78 is 0. The van der Waals surface area contributed by atoms with Crippen LogP contribution in [-0.2, 0) is 35.2 Å². The number of primary amides is 1. The van der Waals surface area contributed by atoms with E-state index >= 15 is 0 Å². The zero-order valence-electron chi connectivity index (χ0n) is 20.6. The van der Waals surface area contributed by atoms with Crippen molar-refractivity contribution in [1.82, 2.24) is 16.0 Å². The average molecular weight is 540 g/mol. The van der Waals surface area contributed by atoms with Gasteiger partial charge in [-0.25, -0.2) is 4.79 Å². The summed E-state index contributed by atoms with van der Waals surface area (Å²) in [5, 5.41) is 44.0. The zero-order valence-corrected chi connectivity index (χ0v) is 20.6. The molecule has 5 atom stereocenters. The van der Waals surface area contributed by atoms with E-state index in [1.54, 1.807) is 0 Å². The van der Waals surface area contributed by atoms with Gasteiger partial charge in [-0.05, 0) is 37.5 Å². The Morgan fingerprint density at radius 1 is 0.842 bits per heavy atom. The molecule has 0 aliphatic rings. The fourth-order valence-corrected chi connectivity index (χ4v) is 3.24. The average Bonchev–Trinajstić information content (AvgIpc) is 2.83. The van der Waals surface area contributed by atoms with E-state index in [1.807, 2.05) is 0 Å². The molecule has 0 saturated carbocycles. The minimum absolute atomic E-state index is 0.0521. The molecule has 0 saturated heterocycles. The number of nitrogens with one attached hydrogen (secondary N) is 3. The number of aromatic hydroxyl groups is 1. The first kappa shape index (κ1) is 31.8. The van der Waals surface area contributed by atoms with Gasteiger partial charge in [0.05, 0.1) is 12.1 Å². The highest BCUT2D eigenvalue weighted by Crippen LogP contribution is 2.12. The fourth-order valence-electron chi connectivity index (χ4n) is 3.24. The predicted molar refractivity (Wildman–Crippen MR) is 130 cm³/mol. The Hall–Kier alpha value is -4.24. The quantitative estimate of drug-likeness (QED) is 0.104. The summed E-state index contributed by atoms with van der Waals surface area (Å²) in [4.78, 5) is 71.9. The van der Waals surface area contributed by atoms with Gasteiger partial charge in [0.1, 0.15) is 17.8 Å². The molecular weight excluding hydrogens is 506 g/mol. The van der Waals surface area contributed by atoms with Gasteiger partial charge >= 0.3 is 11.9 Å². The van der Waals surface area contributed by atoms with Gasteiger partial charge in [0.2, 0.25) is 23.6 Å². The van der Waals surface area contributed by atoms with Gasteiger partial charge in [0.15, 0.2) is 6.04 Å². The Morgan fingerprint density at radius 3 is 1.89 bits per heavy atom. The van der Waals surface area contributed by atoms with Crippen molar-refractivity contribution in [2.75, 3.05) is 0 Å². The lowest BCUT2D eigenvalue weighted by molar-refractivity contribution is -0.145. The summed E-state index contributed by atoms with van der Waals surface area (Å²) in [7, 11) is 0. The Labute approximate surface area is 217 Å². The number of benzene rings is 1. The van der Waals surface area contributed by atoms with Crippen molar-refractivity contribution in [3.05, 3.63) is 29.8 Å². The number of aliphatic carboxylic acids is 2. The second kappa shape index (κ2) is 15.1. The van der Waals surface area contributed by atoms with Crippen LogP contribution in [0.15, 0.2) is 24.3 Å². The Kier molecular flexibility index (Phi) is 12.6. The molecule has 4 amide bonds. The van der Waals surface area contributed by atoms with Crippen molar-refractivity contribution in [1.29, 1.82) is 0 Å². The van der Waals surface area contributed by atoms with Crippen LogP contribution >= 0.6 is 0 Å². The van der Waals surface area contributed by atoms with E-state index in [1.165, 1.54) is 24.3 Å². The van der Waals surface area contributed by atoms with Crippen LogP contribution in [0.5, 0.6) is 5.75 Å². The number of phenols is 1. The molecule has 11 N–H and O–H groups in total. The van der Waals surface area contributed by atoms with Crippen molar-refractivity contribution >= 4 is 35.6 Å². The first-order chi connectivity index (χ1) is 17.7. The molecule has 0 aromatic heterocycles. The molecule has 0 aliphatic carbocycles. The van der Waals surface area contributed by atoms with E-state index in [0.717, 1.165) is 6.92 Å². The van der Waals surface area contributed by atoms with E-state index in [0.29, 0.717) is 5.56 Å². The number of nitrogens with two attached hydrogens (primary N) is 2. The molecule has 1 aromatic carbocycles. The highest BCUT2D eigenvalue weighted by molar-refractivity contribution is 5.94. The number of rotatable bonds is 16. The first-order valence-electron chi connectivity index (χ1n) is 11.6. The Bertz CT molecular complexity index is 1010. The summed E-state index contributed by atoms with van der Waals surface area (Å²) >= 11 is 0. The van der Waals surface area contributed by atoms with E-state index in [2.05, 4.69) is 16.0 Å². The van der Waals surface area contributed by atoms with Crippen molar-refractivity contribution < 1.29 is 49.2 Å². The summed E-state index contributed by atoms with van der Waals surface area (Å²) in [5.41, 5.74) is 11.4. The van der Waals surface area contributed by atoms with Gasteiger partial charge in [-0.3, -0.25) is 24.0 Å². The molecule has 0 bridgehead atoms. The Morgan fingerprint density at radius 2 is 1.39 bits per heavy atom. The number of amides is 4. The highest BCUT2D eigenvalue weighted by Gasteiger charge is 2.32. The van der Waals surface area contributed by atoms with Crippen LogP contribution in [0.2, 0.25) is 0 Å². The number of hydrogen-bond donors (Lipinski definition) is 9. The highest BCUT2D eigenvalue weighted by atomic mass is 16.4. The third-order valence-electron chi connectivity index (χ3n) is 5.37. The molecule has 0 radical (unpaired) electrons. The maximum Gasteiger partial charge on any atom is 0.328 e. The predicted octanol–water partition coefficient (Wildman–Crippen LogP) is -2.69. The number of carboxylic acids is 2. The third-order valence-corrected chi connectivity index (χ3v) is 5.37. The minimum Gasteiger partial charge on any atom is -0.508 e. The zero-order chi connectivity index (χ0) is 29.0. The summed E-state index contributed by atoms with van der Waals surface area (Å²) in [6, 6.07) is -0.166. The van der Waals surface area contributed by atoms with Crippen LogP contribution < -0.4 is 27.4 Å². The molecule has 1 aromatic rings. The minimum atomic E-state index is -1.71. The molecular formula is C23H33N5O10. The van der Waals surface area contributed by atoms with Gasteiger partial charge < -0.3 is 47.8 Å². The molecule has 210 valence electrons. The lowest BCUT2D eigenvalue weighted by Gasteiger charge is -2.25. The number of aliphatic hydroxyl groups excluding tert-OH is 1. The number of hydrogen-bond acceptors (Lipinski definition) is 9. The first-order valence-corrected chi connectivity index (χ1v) is 11.6. The lowest BCUT2D eigenvalue weighted by Crippen LogP contribution is -2.58. The number of aliphatic hydroxyl groups is 1. The molecule has 38 heavy (non-hydrogen) atoms. The molecule has 15 heteroatoms. The normalized spacial score (nSPS) is 14.7. The fraction of sp³-hybridized carbons (Fsp3) is 0.478. The van der Waals surface area contributed by atoms with Crippen LogP contribution in [-0.4, -0.2) is 86.3 Å².